The quantitative estimate of drug-likeness (QED) is 0.911. The van der Waals surface area contributed by atoms with Crippen molar-refractivity contribution in [2.45, 2.75) is 30.7 Å². The fourth-order valence-electron chi connectivity index (χ4n) is 4.65. The van der Waals surface area contributed by atoms with E-state index in [1.165, 1.54) is 30.5 Å². The van der Waals surface area contributed by atoms with Crippen LogP contribution in [0.25, 0.3) is 0 Å². The van der Waals surface area contributed by atoms with Crippen LogP contribution >= 0.6 is 0 Å². The Labute approximate surface area is 149 Å². The zero-order valence-corrected chi connectivity index (χ0v) is 14.5. The summed E-state index contributed by atoms with van der Waals surface area (Å²) in [4.78, 5) is 6.90. The molecule has 25 heavy (non-hydrogen) atoms. The number of anilines is 1. The molecule has 3 heterocycles. The third kappa shape index (κ3) is 2.78. The van der Waals surface area contributed by atoms with Crippen LogP contribution in [0.4, 0.5) is 5.69 Å². The van der Waals surface area contributed by atoms with Crippen molar-refractivity contribution >= 4 is 5.69 Å². The van der Waals surface area contributed by atoms with Crippen molar-refractivity contribution in [3.63, 3.8) is 0 Å². The normalized spacial score (nSPS) is 30.3. The number of aromatic nitrogens is 1. The Bertz CT molecular complexity index is 744. The van der Waals surface area contributed by atoms with Gasteiger partial charge in [0.25, 0.3) is 0 Å². The van der Waals surface area contributed by atoms with Gasteiger partial charge in [0.15, 0.2) is 0 Å². The van der Waals surface area contributed by atoms with Crippen molar-refractivity contribution in [2.75, 3.05) is 31.1 Å². The first-order chi connectivity index (χ1) is 12.3. The molecule has 2 saturated heterocycles. The summed E-state index contributed by atoms with van der Waals surface area (Å²) in [6.07, 6.45) is 7.60. The molecule has 0 bridgehead atoms. The second kappa shape index (κ2) is 6.03. The fraction of sp³-hybridized carbons (Fsp3) is 0.476. The number of pyridine rings is 1. The lowest BCUT2D eigenvalue weighted by Gasteiger charge is -2.23. The van der Waals surface area contributed by atoms with E-state index >= 15 is 0 Å². The molecule has 1 aromatic carbocycles. The monoisotopic (exact) mass is 335 g/mol. The van der Waals surface area contributed by atoms with Gasteiger partial charge in [-0.15, -0.1) is 0 Å². The smallest absolute Gasteiger partial charge is 0.139 e. The number of rotatable bonds is 5. The van der Waals surface area contributed by atoms with Gasteiger partial charge < -0.3 is 15.0 Å². The number of fused-ring (bicyclic) bond motifs is 1. The van der Waals surface area contributed by atoms with Crippen LogP contribution in [0.1, 0.15) is 24.8 Å². The maximum absolute atomic E-state index is 5.99. The summed E-state index contributed by atoms with van der Waals surface area (Å²) in [5.74, 6) is 1.67. The van der Waals surface area contributed by atoms with E-state index in [2.05, 4.69) is 51.6 Å². The summed E-state index contributed by atoms with van der Waals surface area (Å²) in [6, 6.07) is 13.7. The second-order valence-electron chi connectivity index (χ2n) is 7.79. The number of ether oxygens (including phenoxy) is 1. The summed E-state index contributed by atoms with van der Waals surface area (Å²) < 4.78 is 5.99. The van der Waals surface area contributed by atoms with Crippen LogP contribution in [0.2, 0.25) is 0 Å². The minimum atomic E-state index is 0.367. The molecule has 1 saturated carbocycles. The highest BCUT2D eigenvalue weighted by Gasteiger charge is 2.60. The lowest BCUT2D eigenvalue weighted by atomic mass is 9.95. The van der Waals surface area contributed by atoms with Crippen molar-refractivity contribution in [1.82, 2.24) is 10.3 Å². The zero-order chi connectivity index (χ0) is 16.7. The van der Waals surface area contributed by atoms with E-state index in [-0.39, 0.29) is 0 Å². The van der Waals surface area contributed by atoms with Crippen LogP contribution in [0.15, 0.2) is 48.8 Å². The van der Waals surface area contributed by atoms with E-state index < -0.39 is 0 Å². The number of nitrogens with zero attached hydrogens (tertiary/aromatic N) is 2. The molecule has 0 amide bonds. The van der Waals surface area contributed by atoms with Crippen LogP contribution in [0.3, 0.4) is 0 Å². The molecule has 5 rings (SSSR count). The molecule has 1 aliphatic carbocycles. The molecule has 0 spiro atoms. The van der Waals surface area contributed by atoms with Gasteiger partial charge in [0.05, 0.1) is 18.1 Å². The molecule has 3 aliphatic rings. The van der Waals surface area contributed by atoms with Crippen LogP contribution in [0, 0.1) is 5.92 Å². The third-order valence-corrected chi connectivity index (χ3v) is 6.17. The molecule has 0 unspecified atom stereocenters. The highest BCUT2D eigenvalue weighted by atomic mass is 16.5. The number of hydrogen-bond donors (Lipinski definition) is 1. The van der Waals surface area contributed by atoms with Crippen molar-refractivity contribution in [2.24, 2.45) is 5.92 Å². The van der Waals surface area contributed by atoms with E-state index in [0.717, 1.165) is 37.9 Å². The molecule has 4 heteroatoms. The molecule has 1 N–H and O–H groups in total. The number of benzene rings is 1. The predicted octanol–water partition coefficient (Wildman–Crippen LogP) is 2.99. The predicted molar refractivity (Wildman–Crippen MR) is 99.2 cm³/mol. The topological polar surface area (TPSA) is 37.4 Å². The standard InChI is InChI=1S/C21H25N3O/c1-2-5-16(6-3-1)21-10-17(21)13-24(15-21)19-9-20(12-22-11-19)25-14-18-7-4-8-23-18/h1-3,5-6,9,11-12,17-18,23H,4,7-8,10,13-15H2/t17-,18+,21+/m1/s1. The van der Waals surface area contributed by atoms with Gasteiger partial charge in [-0.3, -0.25) is 4.98 Å². The first-order valence-electron chi connectivity index (χ1n) is 9.45. The number of hydrogen-bond acceptors (Lipinski definition) is 4. The van der Waals surface area contributed by atoms with E-state index in [1.807, 2.05) is 12.4 Å². The maximum atomic E-state index is 5.99. The Kier molecular flexibility index (Phi) is 3.66. The van der Waals surface area contributed by atoms with Crippen molar-refractivity contribution in [3.05, 3.63) is 54.4 Å². The number of piperidine rings is 1. The van der Waals surface area contributed by atoms with Crippen LogP contribution in [-0.2, 0) is 5.41 Å². The Morgan fingerprint density at radius 2 is 2.16 bits per heavy atom. The van der Waals surface area contributed by atoms with Gasteiger partial charge in [-0.05, 0) is 37.3 Å². The van der Waals surface area contributed by atoms with Gasteiger partial charge in [0.2, 0.25) is 0 Å². The Morgan fingerprint density at radius 1 is 1.24 bits per heavy atom. The average molecular weight is 335 g/mol. The Balaban J connectivity index is 1.28. The SMILES string of the molecule is c1ccc([C@@]23C[C@@H]2CN(c2cncc(OC[C@@H]4CCCN4)c2)C3)cc1. The zero-order valence-electron chi connectivity index (χ0n) is 14.5. The summed E-state index contributed by atoms with van der Waals surface area (Å²) in [6.45, 7) is 4.08. The van der Waals surface area contributed by atoms with E-state index in [9.17, 15) is 0 Å². The van der Waals surface area contributed by atoms with Gasteiger partial charge in [0, 0.05) is 30.6 Å². The summed E-state index contributed by atoms with van der Waals surface area (Å²) in [5, 5.41) is 3.48. The van der Waals surface area contributed by atoms with E-state index in [1.54, 1.807) is 0 Å². The first kappa shape index (κ1) is 15.2. The highest BCUT2D eigenvalue weighted by molar-refractivity contribution is 5.54. The molecular weight excluding hydrogens is 310 g/mol. The van der Waals surface area contributed by atoms with E-state index in [4.69, 9.17) is 4.74 Å². The molecule has 2 aliphatic heterocycles. The fourth-order valence-corrected chi connectivity index (χ4v) is 4.65. The van der Waals surface area contributed by atoms with Gasteiger partial charge in [-0.1, -0.05) is 30.3 Å². The van der Waals surface area contributed by atoms with Crippen molar-refractivity contribution < 1.29 is 4.74 Å². The molecule has 0 radical (unpaired) electrons. The minimum Gasteiger partial charge on any atom is -0.490 e. The van der Waals surface area contributed by atoms with Crippen LogP contribution in [0.5, 0.6) is 5.75 Å². The van der Waals surface area contributed by atoms with Crippen molar-refractivity contribution in [3.8, 4) is 5.75 Å². The average Bonchev–Trinajstić information content (AvgIpc) is 3.04. The lowest BCUT2D eigenvalue weighted by molar-refractivity contribution is 0.276. The van der Waals surface area contributed by atoms with E-state index in [0.29, 0.717) is 11.5 Å². The van der Waals surface area contributed by atoms with Crippen LogP contribution in [-0.4, -0.2) is 37.3 Å². The molecule has 130 valence electrons. The summed E-state index contributed by atoms with van der Waals surface area (Å²) in [5.41, 5.74) is 3.06. The Morgan fingerprint density at radius 3 is 3.00 bits per heavy atom. The minimum absolute atomic E-state index is 0.367. The van der Waals surface area contributed by atoms with Gasteiger partial charge in [-0.25, -0.2) is 0 Å². The molecule has 3 atom stereocenters. The summed E-state index contributed by atoms with van der Waals surface area (Å²) >= 11 is 0. The van der Waals surface area contributed by atoms with Gasteiger partial charge in [0.1, 0.15) is 12.4 Å². The second-order valence-corrected chi connectivity index (χ2v) is 7.79. The molecule has 4 nitrogen and oxygen atoms in total. The van der Waals surface area contributed by atoms with Crippen LogP contribution < -0.4 is 15.0 Å². The maximum Gasteiger partial charge on any atom is 0.139 e. The van der Waals surface area contributed by atoms with Gasteiger partial charge in [-0.2, -0.15) is 0 Å². The Hall–Kier alpha value is -2.07. The molecule has 1 aromatic heterocycles. The molecule has 3 fully saturated rings. The lowest BCUT2D eigenvalue weighted by Crippen LogP contribution is -2.28. The third-order valence-electron chi connectivity index (χ3n) is 6.17. The van der Waals surface area contributed by atoms with Gasteiger partial charge >= 0.3 is 0 Å². The first-order valence-corrected chi connectivity index (χ1v) is 9.45. The highest BCUT2D eigenvalue weighted by Crippen LogP contribution is 2.59. The molecule has 2 aromatic rings. The molecular formula is C21H25N3O. The van der Waals surface area contributed by atoms with Crippen molar-refractivity contribution in [1.29, 1.82) is 0 Å². The number of nitrogens with one attached hydrogen (secondary N) is 1. The summed E-state index contributed by atoms with van der Waals surface area (Å²) in [7, 11) is 0. The largest absolute Gasteiger partial charge is 0.490 e.